The van der Waals surface area contributed by atoms with E-state index in [1.807, 2.05) is 18.9 Å². The van der Waals surface area contributed by atoms with Crippen molar-refractivity contribution in [3.63, 3.8) is 0 Å². The smallest absolute Gasteiger partial charge is 0.265 e. The van der Waals surface area contributed by atoms with Crippen molar-refractivity contribution in [1.29, 1.82) is 0 Å². The van der Waals surface area contributed by atoms with Crippen molar-refractivity contribution < 1.29 is 4.79 Å². The maximum absolute atomic E-state index is 11.9. The zero-order valence-electron chi connectivity index (χ0n) is 11.1. The van der Waals surface area contributed by atoms with Crippen molar-refractivity contribution in [3.05, 3.63) is 17.5 Å². The van der Waals surface area contributed by atoms with E-state index >= 15 is 0 Å². The zero-order valence-corrected chi connectivity index (χ0v) is 11.9. The van der Waals surface area contributed by atoms with Crippen LogP contribution in [0.15, 0.2) is 12.7 Å². The number of carbonyl (C=O) groups is 1. The van der Waals surface area contributed by atoms with Gasteiger partial charge in [-0.05, 0) is 13.3 Å². The highest BCUT2D eigenvalue weighted by atomic mass is 32.1. The molecule has 0 aliphatic heterocycles. The zero-order chi connectivity index (χ0) is 13.7. The molecule has 0 aliphatic rings. The number of thiazole rings is 1. The molecule has 3 N–H and O–H groups in total. The first kappa shape index (κ1) is 14.5. The molecule has 6 heteroatoms. The molecule has 1 atom stereocenters. The third-order valence-corrected chi connectivity index (χ3v) is 3.63. The summed E-state index contributed by atoms with van der Waals surface area (Å²) in [6.45, 7) is 8.45. The Morgan fingerprint density at radius 1 is 1.72 bits per heavy atom. The number of nitrogens with two attached hydrogens (primary N) is 1. The van der Waals surface area contributed by atoms with Crippen LogP contribution in [-0.4, -0.2) is 30.5 Å². The minimum absolute atomic E-state index is 0.0872. The van der Waals surface area contributed by atoms with Gasteiger partial charge in [-0.3, -0.25) is 4.79 Å². The lowest BCUT2D eigenvalue weighted by Gasteiger charge is -2.13. The second-order valence-corrected chi connectivity index (χ2v) is 5.11. The van der Waals surface area contributed by atoms with Gasteiger partial charge in [0.05, 0.1) is 0 Å². The Hall–Kier alpha value is -1.56. The second kappa shape index (κ2) is 6.39. The summed E-state index contributed by atoms with van der Waals surface area (Å²) in [5.74, 6) is 0.0836. The number of nitrogens with zero attached hydrogens (tertiary/aromatic N) is 2. The Morgan fingerprint density at radius 2 is 2.39 bits per heavy atom. The molecule has 0 fully saturated rings. The quantitative estimate of drug-likeness (QED) is 0.773. The van der Waals surface area contributed by atoms with E-state index in [2.05, 4.69) is 23.8 Å². The van der Waals surface area contributed by atoms with Gasteiger partial charge in [-0.25, -0.2) is 4.98 Å². The first-order chi connectivity index (χ1) is 8.49. The van der Waals surface area contributed by atoms with Gasteiger partial charge < -0.3 is 16.0 Å². The van der Waals surface area contributed by atoms with Gasteiger partial charge in [-0.1, -0.05) is 24.3 Å². The van der Waals surface area contributed by atoms with Crippen LogP contribution in [-0.2, 0) is 0 Å². The van der Waals surface area contributed by atoms with Gasteiger partial charge in [0.15, 0.2) is 5.13 Å². The van der Waals surface area contributed by atoms with Gasteiger partial charge in [-0.2, -0.15) is 0 Å². The number of anilines is 2. The Bertz CT molecular complexity index is 430. The van der Waals surface area contributed by atoms with Crippen LogP contribution in [0.5, 0.6) is 0 Å². The summed E-state index contributed by atoms with van der Waals surface area (Å²) < 4.78 is 0. The summed E-state index contributed by atoms with van der Waals surface area (Å²) >= 11 is 1.31. The van der Waals surface area contributed by atoms with E-state index in [4.69, 9.17) is 5.73 Å². The Morgan fingerprint density at radius 3 is 2.94 bits per heavy atom. The van der Waals surface area contributed by atoms with Crippen LogP contribution in [0.1, 0.15) is 29.9 Å². The molecule has 0 aliphatic carbocycles. The summed E-state index contributed by atoms with van der Waals surface area (Å²) in [6.07, 6.45) is 2.68. The van der Waals surface area contributed by atoms with Gasteiger partial charge in [0.2, 0.25) is 0 Å². The molecule has 1 unspecified atom stereocenters. The SMILES string of the molecule is C=CC(C)NC(=O)c1sc(N(C)CCC)nc1N. The molecular weight excluding hydrogens is 248 g/mol. The van der Waals surface area contributed by atoms with Gasteiger partial charge >= 0.3 is 0 Å². The van der Waals surface area contributed by atoms with Crippen LogP contribution in [0.25, 0.3) is 0 Å². The predicted molar refractivity (Wildman–Crippen MR) is 77.2 cm³/mol. The standard InChI is InChI=1S/C12H20N4OS/c1-5-7-16(4)12-15-10(13)9(18-12)11(17)14-8(3)6-2/h6,8H,2,5,7,13H2,1,3-4H3,(H,14,17). The van der Waals surface area contributed by atoms with E-state index in [1.165, 1.54) is 11.3 Å². The highest BCUT2D eigenvalue weighted by Crippen LogP contribution is 2.27. The van der Waals surface area contributed by atoms with Crippen LogP contribution < -0.4 is 16.0 Å². The molecule has 0 spiro atoms. The summed E-state index contributed by atoms with van der Waals surface area (Å²) in [7, 11) is 1.94. The van der Waals surface area contributed by atoms with Crippen LogP contribution in [0.4, 0.5) is 10.9 Å². The lowest BCUT2D eigenvalue weighted by Crippen LogP contribution is -2.30. The average molecular weight is 268 g/mol. The molecule has 1 amide bonds. The van der Waals surface area contributed by atoms with Crippen molar-refractivity contribution in [2.24, 2.45) is 0 Å². The Kier molecular flexibility index (Phi) is 5.15. The number of nitrogen functional groups attached to an aromatic ring is 1. The number of rotatable bonds is 6. The average Bonchev–Trinajstić information content (AvgIpc) is 2.71. The maximum atomic E-state index is 11.9. The highest BCUT2D eigenvalue weighted by molar-refractivity contribution is 7.18. The molecule has 0 radical (unpaired) electrons. The van der Waals surface area contributed by atoms with Crippen molar-refractivity contribution in [2.45, 2.75) is 26.3 Å². The number of aromatic nitrogens is 1. The monoisotopic (exact) mass is 268 g/mol. The molecule has 1 aromatic rings. The van der Waals surface area contributed by atoms with Gasteiger partial charge in [-0.15, -0.1) is 6.58 Å². The minimum Gasteiger partial charge on any atom is -0.382 e. The van der Waals surface area contributed by atoms with E-state index < -0.39 is 0 Å². The van der Waals surface area contributed by atoms with Crippen LogP contribution >= 0.6 is 11.3 Å². The van der Waals surface area contributed by atoms with Gasteiger partial charge in [0.25, 0.3) is 5.91 Å². The third-order valence-electron chi connectivity index (χ3n) is 2.45. The number of hydrogen-bond acceptors (Lipinski definition) is 5. The molecule has 100 valence electrons. The summed E-state index contributed by atoms with van der Waals surface area (Å²) in [4.78, 5) is 18.6. The summed E-state index contributed by atoms with van der Waals surface area (Å²) in [5, 5.41) is 3.56. The van der Waals surface area contributed by atoms with Crippen molar-refractivity contribution in [2.75, 3.05) is 24.2 Å². The van der Waals surface area contributed by atoms with Crippen LogP contribution in [0, 0.1) is 0 Å². The van der Waals surface area contributed by atoms with E-state index in [0.29, 0.717) is 4.88 Å². The van der Waals surface area contributed by atoms with Crippen molar-refractivity contribution >= 4 is 28.2 Å². The van der Waals surface area contributed by atoms with Gasteiger partial charge in [0.1, 0.15) is 10.7 Å². The molecular formula is C12H20N4OS. The molecule has 0 saturated heterocycles. The fraction of sp³-hybridized carbons (Fsp3) is 0.500. The lowest BCUT2D eigenvalue weighted by atomic mass is 10.3. The molecule has 0 saturated carbocycles. The lowest BCUT2D eigenvalue weighted by molar-refractivity contribution is 0.0951. The fourth-order valence-corrected chi connectivity index (χ4v) is 2.28. The van der Waals surface area contributed by atoms with Crippen LogP contribution in [0.3, 0.4) is 0 Å². The predicted octanol–water partition coefficient (Wildman–Crippen LogP) is 1.88. The van der Waals surface area contributed by atoms with Crippen molar-refractivity contribution in [1.82, 2.24) is 10.3 Å². The van der Waals surface area contributed by atoms with E-state index in [0.717, 1.165) is 18.1 Å². The number of nitrogens with one attached hydrogen (secondary N) is 1. The topological polar surface area (TPSA) is 71.2 Å². The van der Waals surface area contributed by atoms with Crippen LogP contribution in [0.2, 0.25) is 0 Å². The first-order valence-corrected chi connectivity index (χ1v) is 6.72. The molecule has 5 nitrogen and oxygen atoms in total. The minimum atomic E-state index is -0.200. The molecule has 1 heterocycles. The van der Waals surface area contributed by atoms with E-state index in [1.54, 1.807) is 6.08 Å². The molecule has 0 bridgehead atoms. The summed E-state index contributed by atoms with van der Waals surface area (Å²) in [6, 6.07) is -0.0872. The maximum Gasteiger partial charge on any atom is 0.265 e. The van der Waals surface area contributed by atoms with Gasteiger partial charge in [0, 0.05) is 19.6 Å². The number of hydrogen-bond donors (Lipinski definition) is 2. The normalized spacial score (nSPS) is 11.9. The molecule has 1 rings (SSSR count). The third kappa shape index (κ3) is 3.46. The van der Waals surface area contributed by atoms with E-state index in [9.17, 15) is 4.79 Å². The first-order valence-electron chi connectivity index (χ1n) is 5.90. The molecule has 18 heavy (non-hydrogen) atoms. The van der Waals surface area contributed by atoms with Crippen molar-refractivity contribution in [3.8, 4) is 0 Å². The number of carbonyl (C=O) groups excluding carboxylic acids is 1. The Labute approximate surface area is 112 Å². The largest absolute Gasteiger partial charge is 0.382 e. The fourth-order valence-electron chi connectivity index (χ4n) is 1.41. The summed E-state index contributed by atoms with van der Waals surface area (Å²) in [5.41, 5.74) is 5.78. The molecule has 1 aromatic heterocycles. The number of amides is 1. The molecule has 0 aromatic carbocycles. The van der Waals surface area contributed by atoms with E-state index in [-0.39, 0.29) is 17.8 Å². The Balaban J connectivity index is 2.84. The highest BCUT2D eigenvalue weighted by Gasteiger charge is 2.18. The second-order valence-electron chi connectivity index (χ2n) is 4.13.